The zero-order valence-electron chi connectivity index (χ0n) is 48.1. The minimum Gasteiger partial charge on any atom is -0.508 e. The van der Waals surface area contributed by atoms with Crippen LogP contribution >= 0.6 is 21.6 Å². The summed E-state index contributed by atoms with van der Waals surface area (Å²) in [6.45, 7) is 8.27. The Balaban J connectivity index is 1.60. The highest BCUT2D eigenvalue weighted by Gasteiger charge is 2.38. The van der Waals surface area contributed by atoms with Crippen LogP contribution in [0.1, 0.15) is 77.0 Å². The van der Waals surface area contributed by atoms with Gasteiger partial charge >= 0.3 is 24.1 Å². The number of phenols is 1. The molecule has 0 saturated carbocycles. The van der Waals surface area contributed by atoms with E-state index in [2.05, 4.69) is 52.8 Å². The largest absolute Gasteiger partial charge is 0.508 e. The Hall–Kier alpha value is -8.57. The molecule has 27 nitrogen and oxygen atoms in total. The van der Waals surface area contributed by atoms with Gasteiger partial charge in [0.2, 0.25) is 47.4 Å². The predicted molar refractivity (Wildman–Crippen MR) is 318 cm³/mol. The molecule has 0 aliphatic carbocycles. The van der Waals surface area contributed by atoms with E-state index in [9.17, 15) is 68.4 Å². The molecule has 1 saturated heterocycles. The summed E-state index contributed by atoms with van der Waals surface area (Å²) >= 11 is 0. The molecule has 4 aromatic rings. The van der Waals surface area contributed by atoms with E-state index in [1.54, 1.807) is 88.5 Å². The van der Waals surface area contributed by atoms with E-state index in [1.165, 1.54) is 24.3 Å². The Morgan fingerprint density at radius 2 is 1.30 bits per heavy atom. The normalized spacial score (nSPS) is 20.1. The number of amides is 10. The molecule has 0 unspecified atom stereocenters. The van der Waals surface area contributed by atoms with Crippen LogP contribution in [0, 0.1) is 0 Å². The van der Waals surface area contributed by atoms with Gasteiger partial charge in [0, 0.05) is 61.0 Å². The molecule has 466 valence electrons. The summed E-state index contributed by atoms with van der Waals surface area (Å²) in [6.07, 6.45) is -0.471. The van der Waals surface area contributed by atoms with Crippen molar-refractivity contribution in [1.29, 1.82) is 0 Å². The van der Waals surface area contributed by atoms with Gasteiger partial charge in [-0.15, -0.1) is 0 Å². The van der Waals surface area contributed by atoms with Crippen LogP contribution in [0.3, 0.4) is 0 Å². The number of alkyl carbamates (subject to hydrolysis) is 1. The molecule has 1 aliphatic rings. The third-order valence-corrected chi connectivity index (χ3v) is 15.5. The number of unbranched alkanes of at least 4 members (excludes halogenated alkanes) is 2. The SMILES string of the molecule is CCNC(=O)N[C@H](Cc1ccccc1)C(=O)N[C@H]1CSSC[C@@H](C(=O)NC(C(=O)O)C(=O)O)NC(=O)[C@H]([C@@H](C)O)NC(=O)[C@H](CCCCCNC(=O)OC(C)(C)C)NC(=O)[C@@H](Cc2c[nH]c3ccccc23)NC(=O)[C@H](Cc2ccc(O)cc2)NC1=O. The van der Waals surface area contributed by atoms with Crippen LogP contribution in [0.4, 0.5) is 9.59 Å². The lowest BCUT2D eigenvalue weighted by atomic mass is 10.0. The van der Waals surface area contributed by atoms with Gasteiger partial charge in [0.15, 0.2) is 0 Å². The molecule has 0 bridgehead atoms. The number of aliphatic carboxylic acids is 2. The molecule has 29 heteroatoms. The first-order valence-corrected chi connectivity index (χ1v) is 30.2. The minimum atomic E-state index is -2.51. The standard InChI is InChI=1S/C57H75N11O16S2/c1-6-58-55(82)66-40(25-32-15-9-7-10-16-32)48(73)64-42-29-85-86-30-43(51(76)68-45(53(78)79)54(80)81)65-52(77)44(31(2)69)67-46(71)38(19-11-8-14-24-59-56(83)84-57(3,4)5)61-49(74)41(27-34-28-60-37-18-13-12-17-36(34)37)63-47(72)39(62-50(42)75)26-33-20-22-35(70)23-21-33/h7,9-10,12-13,15-18,20-23,28,31,38-45,60,69-70H,6,8,11,14,19,24-27,29-30H2,1-5H3,(H,59,83)(H,61,74)(H,62,75)(H,63,72)(H,64,73)(H,65,77)(H,67,71)(H,68,76)(H,78,79)(H,80,81)(H2,58,66,82)/t31-,38+,39+,40-,41-,42+,43+,44+/m1/s1. The second-order valence-electron chi connectivity index (χ2n) is 21.2. The summed E-state index contributed by atoms with van der Waals surface area (Å²) in [4.78, 5) is 154. The second kappa shape index (κ2) is 33.2. The van der Waals surface area contributed by atoms with Gasteiger partial charge in [-0.2, -0.15) is 0 Å². The number of ether oxygens (including phenoxy) is 1. The number of carboxylic acids is 2. The number of H-pyrrole nitrogens is 1. The first kappa shape index (κ1) is 68.2. The van der Waals surface area contributed by atoms with Crippen molar-refractivity contribution in [3.05, 3.63) is 102 Å². The third-order valence-electron chi connectivity index (χ3n) is 13.1. The van der Waals surface area contributed by atoms with Crippen LogP contribution in [-0.4, -0.2) is 175 Å². The molecule has 0 radical (unpaired) electrons. The molecular weight excluding hydrogens is 1160 g/mol. The number of aliphatic hydroxyl groups is 1. The smallest absolute Gasteiger partial charge is 0.407 e. The molecule has 2 heterocycles. The highest BCUT2D eigenvalue weighted by Crippen LogP contribution is 2.25. The van der Waals surface area contributed by atoms with Crippen molar-refractivity contribution in [2.75, 3.05) is 24.6 Å². The average molecular weight is 1230 g/mol. The van der Waals surface area contributed by atoms with Crippen LogP contribution in [0.2, 0.25) is 0 Å². The van der Waals surface area contributed by atoms with Crippen LogP contribution in [0.25, 0.3) is 10.9 Å². The monoisotopic (exact) mass is 1230 g/mol. The molecule has 15 N–H and O–H groups in total. The quantitative estimate of drug-likeness (QED) is 0.0314. The minimum absolute atomic E-state index is 0.0575. The number of nitrogens with one attached hydrogen (secondary N) is 11. The van der Waals surface area contributed by atoms with E-state index in [0.29, 0.717) is 40.4 Å². The van der Waals surface area contributed by atoms with Crippen LogP contribution < -0.4 is 53.2 Å². The number of aromatic amines is 1. The Labute approximate surface area is 503 Å². The second-order valence-corrected chi connectivity index (χ2v) is 23.7. The van der Waals surface area contributed by atoms with E-state index in [4.69, 9.17) is 4.74 Å². The molecule has 3 aromatic carbocycles. The summed E-state index contributed by atoms with van der Waals surface area (Å²) < 4.78 is 5.30. The number of aromatic hydroxyl groups is 1. The average Bonchev–Trinajstić information content (AvgIpc) is 3.90. The maximum atomic E-state index is 15.0. The van der Waals surface area contributed by atoms with E-state index in [0.717, 1.165) is 28.5 Å². The summed E-state index contributed by atoms with van der Waals surface area (Å²) in [5.41, 5.74) is 1.50. The summed E-state index contributed by atoms with van der Waals surface area (Å²) in [6, 6.07) is 6.99. The van der Waals surface area contributed by atoms with Gasteiger partial charge in [0.25, 0.3) is 0 Å². The van der Waals surface area contributed by atoms with Crippen LogP contribution in [0.15, 0.2) is 85.1 Å². The zero-order chi connectivity index (χ0) is 63.1. The molecular formula is C57H75N11O16S2. The number of para-hydroxylation sites is 1. The fourth-order valence-electron chi connectivity index (χ4n) is 8.74. The number of fused-ring (bicyclic) bond motifs is 1. The summed E-state index contributed by atoms with van der Waals surface area (Å²) in [7, 11) is 1.62. The summed E-state index contributed by atoms with van der Waals surface area (Å²) in [5.74, 6) is -12.2. The van der Waals surface area contributed by atoms with Gasteiger partial charge < -0.3 is 83.3 Å². The highest BCUT2D eigenvalue weighted by atomic mass is 33.1. The number of rotatable bonds is 21. The first-order chi connectivity index (χ1) is 40.8. The number of phenolic OH excluding ortho intramolecular Hbond substituents is 1. The number of carbonyl (C=O) groups excluding carboxylic acids is 9. The van der Waals surface area contributed by atoms with Gasteiger partial charge in [0.05, 0.1) is 6.10 Å². The number of hydrogen-bond donors (Lipinski definition) is 15. The van der Waals surface area contributed by atoms with Gasteiger partial charge in [-0.05, 0) is 82.3 Å². The lowest BCUT2D eigenvalue weighted by Crippen LogP contribution is -2.62. The topological polar surface area (TPSA) is 414 Å². The first-order valence-electron chi connectivity index (χ1n) is 27.7. The molecule has 8 atom stereocenters. The van der Waals surface area contributed by atoms with Gasteiger partial charge in [0.1, 0.15) is 53.6 Å². The fourth-order valence-corrected chi connectivity index (χ4v) is 11.1. The number of aromatic nitrogens is 1. The predicted octanol–water partition coefficient (Wildman–Crippen LogP) is 1.01. The van der Waals surface area contributed by atoms with Crippen molar-refractivity contribution in [2.45, 2.75) is 140 Å². The lowest BCUT2D eigenvalue weighted by molar-refractivity contribution is -0.153. The summed E-state index contributed by atoms with van der Waals surface area (Å²) in [5, 5.41) is 66.5. The highest BCUT2D eigenvalue weighted by molar-refractivity contribution is 8.76. The molecule has 86 heavy (non-hydrogen) atoms. The molecule has 5 rings (SSSR count). The molecule has 1 fully saturated rings. The lowest BCUT2D eigenvalue weighted by Gasteiger charge is -2.29. The number of carboxylic acid groups (broad SMARTS) is 2. The van der Waals surface area contributed by atoms with Crippen LogP contribution in [-0.2, 0) is 67.2 Å². The van der Waals surface area contributed by atoms with Gasteiger partial charge in [-0.25, -0.2) is 19.2 Å². The Morgan fingerprint density at radius 3 is 1.95 bits per heavy atom. The van der Waals surface area contributed by atoms with Crippen molar-refractivity contribution >= 4 is 97.9 Å². The van der Waals surface area contributed by atoms with Crippen molar-refractivity contribution in [1.82, 2.24) is 58.2 Å². The molecule has 0 spiro atoms. The van der Waals surface area contributed by atoms with Crippen molar-refractivity contribution < 1.29 is 77.9 Å². The number of carbonyl (C=O) groups is 11. The van der Waals surface area contributed by atoms with Crippen LogP contribution in [0.5, 0.6) is 5.75 Å². The van der Waals surface area contributed by atoms with E-state index >= 15 is 4.79 Å². The Morgan fingerprint density at radius 1 is 0.686 bits per heavy atom. The van der Waals surface area contributed by atoms with Gasteiger partial charge in [-0.1, -0.05) is 95.1 Å². The molecule has 1 aliphatic heterocycles. The van der Waals surface area contributed by atoms with Crippen molar-refractivity contribution in [3.63, 3.8) is 0 Å². The fraction of sp³-hybridized carbons (Fsp3) is 0.456. The third kappa shape index (κ3) is 22.1. The number of benzene rings is 3. The van der Waals surface area contributed by atoms with E-state index in [1.807, 2.05) is 5.32 Å². The van der Waals surface area contributed by atoms with Crippen molar-refractivity contribution in [3.8, 4) is 5.75 Å². The van der Waals surface area contributed by atoms with E-state index < -0.39 is 131 Å². The zero-order valence-corrected chi connectivity index (χ0v) is 49.7. The molecule has 10 amide bonds. The number of hydrogen-bond acceptors (Lipinski definition) is 16. The van der Waals surface area contributed by atoms with Crippen molar-refractivity contribution in [2.24, 2.45) is 0 Å². The van der Waals surface area contributed by atoms with E-state index in [-0.39, 0.29) is 56.7 Å². The maximum Gasteiger partial charge on any atom is 0.407 e. The van der Waals surface area contributed by atoms with Gasteiger partial charge in [-0.3, -0.25) is 33.6 Å². The number of aliphatic hydroxyl groups excluding tert-OH is 1. The Kier molecular flexibility index (Phi) is 26.3. The Bertz CT molecular complexity index is 3000. The molecule has 1 aromatic heterocycles. The number of urea groups is 1. The maximum absolute atomic E-state index is 15.0.